The maximum atomic E-state index is 9.25. The smallest absolute Gasteiger partial charge is 0.225 e. The summed E-state index contributed by atoms with van der Waals surface area (Å²) in [6.07, 6.45) is 0.436. The SMILES string of the molecule is Cc1csc2nc(Cl)nc(NC3(CC#N)CN(C(C)(C)C)C3)c12. The van der Waals surface area contributed by atoms with Crippen molar-refractivity contribution in [1.82, 2.24) is 14.9 Å². The monoisotopic (exact) mass is 349 g/mol. The maximum Gasteiger partial charge on any atom is 0.225 e. The van der Waals surface area contributed by atoms with Crippen molar-refractivity contribution in [2.75, 3.05) is 18.4 Å². The van der Waals surface area contributed by atoms with E-state index in [0.29, 0.717) is 6.42 Å². The molecule has 1 N–H and O–H groups in total. The lowest BCUT2D eigenvalue weighted by Crippen LogP contribution is -2.70. The van der Waals surface area contributed by atoms with E-state index in [0.717, 1.165) is 34.7 Å². The first-order chi connectivity index (χ1) is 10.7. The van der Waals surface area contributed by atoms with Gasteiger partial charge in [0.2, 0.25) is 5.28 Å². The van der Waals surface area contributed by atoms with Crippen LogP contribution in [0.1, 0.15) is 32.8 Å². The second-order valence-electron chi connectivity index (χ2n) is 7.21. The van der Waals surface area contributed by atoms with Gasteiger partial charge >= 0.3 is 0 Å². The number of thiophene rings is 1. The summed E-state index contributed by atoms with van der Waals surface area (Å²) in [7, 11) is 0. The van der Waals surface area contributed by atoms with Gasteiger partial charge in [-0.3, -0.25) is 4.90 Å². The van der Waals surface area contributed by atoms with Crippen LogP contribution in [0.25, 0.3) is 10.2 Å². The molecule has 7 heteroatoms. The molecule has 23 heavy (non-hydrogen) atoms. The Kier molecular flexibility index (Phi) is 3.99. The Hall–Kier alpha value is -1.42. The summed E-state index contributed by atoms with van der Waals surface area (Å²) in [6, 6.07) is 2.31. The lowest BCUT2D eigenvalue weighted by molar-refractivity contribution is 0.00705. The van der Waals surface area contributed by atoms with Gasteiger partial charge in [0.1, 0.15) is 10.6 Å². The van der Waals surface area contributed by atoms with Crippen LogP contribution in [-0.4, -0.2) is 39.0 Å². The molecule has 2 aromatic rings. The minimum absolute atomic E-state index is 0.0948. The van der Waals surface area contributed by atoms with Gasteiger partial charge in [0, 0.05) is 18.6 Å². The minimum Gasteiger partial charge on any atom is -0.360 e. The summed E-state index contributed by atoms with van der Waals surface area (Å²) in [4.78, 5) is 11.9. The fraction of sp³-hybridized carbons (Fsp3) is 0.562. The second-order valence-corrected chi connectivity index (χ2v) is 8.40. The van der Waals surface area contributed by atoms with E-state index >= 15 is 0 Å². The molecule has 3 rings (SSSR count). The van der Waals surface area contributed by atoms with E-state index in [4.69, 9.17) is 11.6 Å². The highest BCUT2D eigenvalue weighted by atomic mass is 35.5. The van der Waals surface area contributed by atoms with E-state index in [9.17, 15) is 5.26 Å². The largest absolute Gasteiger partial charge is 0.360 e. The molecule has 0 bridgehead atoms. The van der Waals surface area contributed by atoms with Gasteiger partial charge in [0.15, 0.2) is 0 Å². The van der Waals surface area contributed by atoms with Crippen molar-refractivity contribution in [3.8, 4) is 6.07 Å². The lowest BCUT2D eigenvalue weighted by Gasteiger charge is -2.55. The number of halogens is 1. The van der Waals surface area contributed by atoms with Gasteiger partial charge in [-0.2, -0.15) is 5.26 Å². The summed E-state index contributed by atoms with van der Waals surface area (Å²) >= 11 is 7.63. The summed E-state index contributed by atoms with van der Waals surface area (Å²) in [5, 5.41) is 16.1. The van der Waals surface area contributed by atoms with Crippen molar-refractivity contribution < 1.29 is 0 Å². The molecule has 0 radical (unpaired) electrons. The first kappa shape index (κ1) is 16.4. The Morgan fingerprint density at radius 3 is 2.74 bits per heavy atom. The zero-order valence-electron chi connectivity index (χ0n) is 13.8. The highest BCUT2D eigenvalue weighted by Crippen LogP contribution is 2.37. The van der Waals surface area contributed by atoms with Crippen LogP contribution in [0.4, 0.5) is 5.82 Å². The van der Waals surface area contributed by atoms with E-state index < -0.39 is 0 Å². The summed E-state index contributed by atoms with van der Waals surface area (Å²) < 4.78 is 0. The molecular formula is C16H20ClN5S. The van der Waals surface area contributed by atoms with Gasteiger partial charge in [-0.15, -0.1) is 11.3 Å². The normalized spacial score (nSPS) is 17.7. The third-order valence-corrected chi connectivity index (χ3v) is 5.49. The van der Waals surface area contributed by atoms with Crippen molar-refractivity contribution in [3.05, 3.63) is 16.2 Å². The molecule has 1 saturated heterocycles. The molecule has 2 aromatic heterocycles. The number of hydrogen-bond donors (Lipinski definition) is 1. The third-order valence-electron chi connectivity index (χ3n) is 4.33. The average Bonchev–Trinajstić information content (AvgIpc) is 2.75. The molecular weight excluding hydrogens is 330 g/mol. The Balaban J connectivity index is 1.94. The van der Waals surface area contributed by atoms with Crippen LogP contribution in [0, 0.1) is 18.3 Å². The van der Waals surface area contributed by atoms with Gasteiger partial charge in [-0.05, 0) is 50.2 Å². The van der Waals surface area contributed by atoms with Crippen LogP contribution in [0.5, 0.6) is 0 Å². The molecule has 0 saturated carbocycles. The van der Waals surface area contributed by atoms with Gasteiger partial charge in [-0.25, -0.2) is 9.97 Å². The minimum atomic E-state index is -0.277. The zero-order chi connectivity index (χ0) is 16.8. The molecule has 0 spiro atoms. The number of nitrogens with zero attached hydrogens (tertiary/aromatic N) is 4. The van der Waals surface area contributed by atoms with Gasteiger partial charge in [0.25, 0.3) is 0 Å². The number of aryl methyl sites for hydroxylation is 1. The topological polar surface area (TPSA) is 64.8 Å². The summed E-state index contributed by atoms with van der Waals surface area (Å²) in [5.74, 6) is 0.738. The van der Waals surface area contributed by atoms with Crippen LogP contribution < -0.4 is 5.32 Å². The van der Waals surface area contributed by atoms with Crippen LogP contribution in [0.15, 0.2) is 5.38 Å². The van der Waals surface area contributed by atoms with Crippen LogP contribution in [0.3, 0.4) is 0 Å². The highest BCUT2D eigenvalue weighted by Gasteiger charge is 2.47. The molecule has 0 aliphatic carbocycles. The summed E-state index contributed by atoms with van der Waals surface area (Å²) in [6.45, 7) is 10.2. The number of anilines is 1. The number of rotatable bonds is 3. The van der Waals surface area contributed by atoms with E-state index in [-0.39, 0.29) is 16.4 Å². The van der Waals surface area contributed by atoms with Gasteiger partial charge < -0.3 is 5.32 Å². The average molecular weight is 350 g/mol. The van der Waals surface area contributed by atoms with Crippen LogP contribution >= 0.6 is 22.9 Å². The van der Waals surface area contributed by atoms with Gasteiger partial charge in [0.05, 0.1) is 23.4 Å². The molecule has 5 nitrogen and oxygen atoms in total. The maximum absolute atomic E-state index is 9.25. The number of hydrogen-bond acceptors (Lipinski definition) is 6. The number of likely N-dealkylation sites (tertiary alicyclic amines) is 1. The number of nitriles is 1. The first-order valence-electron chi connectivity index (χ1n) is 7.56. The molecule has 122 valence electrons. The molecule has 0 aromatic carbocycles. The van der Waals surface area contributed by atoms with Crippen molar-refractivity contribution in [1.29, 1.82) is 5.26 Å². The molecule has 3 heterocycles. The zero-order valence-corrected chi connectivity index (χ0v) is 15.3. The van der Waals surface area contributed by atoms with E-state index in [1.54, 1.807) is 11.3 Å². The van der Waals surface area contributed by atoms with E-state index in [1.807, 2.05) is 6.92 Å². The Bertz CT molecular complexity index is 780. The number of aromatic nitrogens is 2. The molecule has 1 aliphatic rings. The standard InChI is InChI=1S/C16H20ClN5S/c1-10-7-23-13-11(10)12(19-14(17)20-13)21-16(5-6-18)8-22(9-16)15(2,3)4/h7H,5,8-9H2,1-4H3,(H,19,20,21). The molecule has 0 amide bonds. The van der Waals surface area contributed by atoms with Crippen molar-refractivity contribution in [3.63, 3.8) is 0 Å². The third kappa shape index (κ3) is 3.01. The first-order valence-corrected chi connectivity index (χ1v) is 8.81. The quantitative estimate of drug-likeness (QED) is 0.853. The number of fused-ring (bicyclic) bond motifs is 1. The Morgan fingerprint density at radius 2 is 2.13 bits per heavy atom. The molecule has 0 unspecified atom stereocenters. The highest BCUT2D eigenvalue weighted by molar-refractivity contribution is 7.17. The Morgan fingerprint density at radius 1 is 1.43 bits per heavy atom. The predicted octanol–water partition coefficient (Wildman–Crippen LogP) is 3.83. The molecule has 0 atom stereocenters. The fourth-order valence-electron chi connectivity index (χ4n) is 2.94. The number of nitrogens with one attached hydrogen (secondary N) is 1. The van der Waals surface area contributed by atoms with Crippen molar-refractivity contribution in [2.24, 2.45) is 0 Å². The molecule has 1 aliphatic heterocycles. The van der Waals surface area contributed by atoms with Crippen molar-refractivity contribution >= 4 is 39.0 Å². The molecule has 1 fully saturated rings. The van der Waals surface area contributed by atoms with E-state index in [1.165, 1.54) is 0 Å². The lowest BCUT2D eigenvalue weighted by atomic mass is 9.82. The van der Waals surface area contributed by atoms with E-state index in [2.05, 4.69) is 52.4 Å². The van der Waals surface area contributed by atoms with Crippen molar-refractivity contribution in [2.45, 2.75) is 45.2 Å². The summed E-state index contributed by atoms with van der Waals surface area (Å²) in [5.41, 5.74) is 0.946. The predicted molar refractivity (Wildman–Crippen MR) is 95.1 cm³/mol. The van der Waals surface area contributed by atoms with Crippen LogP contribution in [-0.2, 0) is 0 Å². The second kappa shape index (κ2) is 5.59. The Labute approximate surface area is 145 Å². The van der Waals surface area contributed by atoms with Gasteiger partial charge in [-0.1, -0.05) is 0 Å². The van der Waals surface area contributed by atoms with Crippen LogP contribution in [0.2, 0.25) is 5.28 Å². The fourth-order valence-corrected chi connectivity index (χ4v) is 4.08.